The molecule has 166 valence electrons. The molecule has 0 radical (unpaired) electrons. The molecule has 32 heavy (non-hydrogen) atoms. The van der Waals surface area contributed by atoms with Crippen LogP contribution in [-0.4, -0.2) is 41.6 Å². The lowest BCUT2D eigenvalue weighted by Gasteiger charge is -2.15. The molecule has 1 aromatic carbocycles. The van der Waals surface area contributed by atoms with Crippen LogP contribution >= 0.6 is 23.1 Å². The number of aryl methyl sites for hydroxylation is 2. The zero-order valence-corrected chi connectivity index (χ0v) is 19.7. The Labute approximate surface area is 191 Å². The summed E-state index contributed by atoms with van der Waals surface area (Å²) in [7, 11) is 3.01. The summed E-state index contributed by atoms with van der Waals surface area (Å²) >= 11 is 3.10. The minimum atomic E-state index is -0.626. The lowest BCUT2D eigenvalue weighted by molar-refractivity contribution is 0.411. The first-order valence-electron chi connectivity index (χ1n) is 9.87. The SMILES string of the molecule is CCCn1nc(-c2ccc(OC)c(CSc3nnc(C)s3)c2)nc2c(=O)n(C)c(=O)nc1-2. The molecule has 0 amide bonds. The first kappa shape index (κ1) is 22.1. The number of aromatic nitrogens is 7. The fourth-order valence-electron chi connectivity index (χ4n) is 3.12. The smallest absolute Gasteiger partial charge is 0.352 e. The van der Waals surface area contributed by atoms with Gasteiger partial charge in [-0.3, -0.25) is 9.36 Å². The summed E-state index contributed by atoms with van der Waals surface area (Å²) in [6.07, 6.45) is 0.757. The number of hydrogen-bond acceptors (Lipinski definition) is 10. The van der Waals surface area contributed by atoms with Gasteiger partial charge in [-0.25, -0.2) is 14.5 Å². The van der Waals surface area contributed by atoms with Gasteiger partial charge in [-0.1, -0.05) is 30.0 Å². The predicted molar refractivity (Wildman–Crippen MR) is 122 cm³/mol. The van der Waals surface area contributed by atoms with Gasteiger partial charge in [-0.15, -0.1) is 10.2 Å². The molecule has 0 bridgehead atoms. The van der Waals surface area contributed by atoms with Gasteiger partial charge in [0.25, 0.3) is 5.56 Å². The molecule has 0 fully saturated rings. The van der Waals surface area contributed by atoms with E-state index in [1.54, 1.807) is 23.6 Å². The highest BCUT2D eigenvalue weighted by atomic mass is 32.2. The van der Waals surface area contributed by atoms with Gasteiger partial charge in [0, 0.05) is 30.5 Å². The van der Waals surface area contributed by atoms with Crippen molar-refractivity contribution >= 4 is 23.1 Å². The van der Waals surface area contributed by atoms with Gasteiger partial charge in [0.05, 0.1) is 7.11 Å². The number of ether oxygens (including phenoxy) is 1. The van der Waals surface area contributed by atoms with E-state index >= 15 is 0 Å². The minimum absolute atomic E-state index is 0.113. The van der Waals surface area contributed by atoms with Crippen LogP contribution in [0.5, 0.6) is 5.75 Å². The fourth-order valence-corrected chi connectivity index (χ4v) is 4.92. The molecule has 2 aromatic rings. The second-order valence-corrected chi connectivity index (χ2v) is 9.40. The molecular weight excluding hydrogens is 450 g/mol. The van der Waals surface area contributed by atoms with Crippen LogP contribution in [0, 0.1) is 6.92 Å². The van der Waals surface area contributed by atoms with E-state index < -0.39 is 11.2 Å². The molecule has 1 aromatic heterocycles. The Morgan fingerprint density at radius 1 is 1.19 bits per heavy atom. The zero-order valence-electron chi connectivity index (χ0n) is 18.0. The van der Waals surface area contributed by atoms with E-state index in [1.165, 1.54) is 18.4 Å². The van der Waals surface area contributed by atoms with E-state index in [0.29, 0.717) is 18.1 Å². The van der Waals surface area contributed by atoms with Crippen LogP contribution in [0.4, 0.5) is 0 Å². The average molecular weight is 472 g/mol. The van der Waals surface area contributed by atoms with Crippen molar-refractivity contribution < 1.29 is 4.74 Å². The van der Waals surface area contributed by atoms with E-state index in [9.17, 15) is 9.59 Å². The average Bonchev–Trinajstić information content (AvgIpc) is 3.21. The molecule has 0 aliphatic carbocycles. The number of hydrogen-bond donors (Lipinski definition) is 0. The fraction of sp³-hybridized carbons (Fsp3) is 0.350. The van der Waals surface area contributed by atoms with E-state index in [0.717, 1.165) is 37.2 Å². The second-order valence-electron chi connectivity index (χ2n) is 6.99. The van der Waals surface area contributed by atoms with Crippen molar-refractivity contribution in [1.29, 1.82) is 0 Å². The first-order chi connectivity index (χ1) is 15.4. The lowest BCUT2D eigenvalue weighted by Crippen LogP contribution is -2.37. The summed E-state index contributed by atoms with van der Waals surface area (Å²) in [5.74, 6) is 1.93. The molecule has 10 nitrogen and oxygen atoms in total. The molecule has 4 rings (SSSR count). The van der Waals surface area contributed by atoms with Crippen molar-refractivity contribution in [2.24, 2.45) is 7.05 Å². The Morgan fingerprint density at radius 3 is 2.69 bits per heavy atom. The maximum atomic E-state index is 12.7. The Bertz CT molecular complexity index is 1360. The molecule has 3 heterocycles. The van der Waals surface area contributed by atoms with Crippen molar-refractivity contribution in [1.82, 2.24) is 34.5 Å². The zero-order chi connectivity index (χ0) is 22.8. The van der Waals surface area contributed by atoms with Gasteiger partial charge in [0.15, 0.2) is 21.7 Å². The molecule has 0 atom stereocenters. The van der Waals surface area contributed by atoms with Gasteiger partial charge < -0.3 is 4.74 Å². The Kier molecular flexibility index (Phi) is 6.33. The summed E-state index contributed by atoms with van der Waals surface area (Å²) in [6.45, 7) is 4.40. The summed E-state index contributed by atoms with van der Waals surface area (Å²) in [6, 6.07) is 5.64. The number of methoxy groups -OCH3 is 1. The number of fused-ring (bicyclic) bond motifs is 1. The maximum Gasteiger partial charge on any atom is 0.352 e. The minimum Gasteiger partial charge on any atom is -0.496 e. The van der Waals surface area contributed by atoms with Crippen LogP contribution in [0.25, 0.3) is 22.9 Å². The van der Waals surface area contributed by atoms with Crippen LogP contribution < -0.4 is 16.0 Å². The molecular formula is C20H21N7O3S2. The van der Waals surface area contributed by atoms with E-state index in [-0.39, 0.29) is 11.5 Å². The van der Waals surface area contributed by atoms with Crippen molar-refractivity contribution in [3.8, 4) is 28.7 Å². The first-order valence-corrected chi connectivity index (χ1v) is 11.7. The quantitative estimate of drug-likeness (QED) is 0.374. The molecule has 0 unspecified atom stereocenters. The van der Waals surface area contributed by atoms with E-state index in [1.807, 2.05) is 32.0 Å². The van der Waals surface area contributed by atoms with Crippen molar-refractivity contribution in [3.63, 3.8) is 0 Å². The molecule has 0 saturated carbocycles. The Hall–Kier alpha value is -3.12. The second kappa shape index (κ2) is 9.17. The van der Waals surface area contributed by atoms with E-state index in [4.69, 9.17) is 4.74 Å². The lowest BCUT2D eigenvalue weighted by atomic mass is 10.1. The number of rotatable bonds is 7. The van der Waals surface area contributed by atoms with Gasteiger partial charge in [-0.05, 0) is 31.5 Å². The molecule has 2 aliphatic heterocycles. The summed E-state index contributed by atoms with van der Waals surface area (Å²) in [4.78, 5) is 33.2. The van der Waals surface area contributed by atoms with Crippen molar-refractivity contribution in [3.05, 3.63) is 49.6 Å². The van der Waals surface area contributed by atoms with Crippen LogP contribution in [0.3, 0.4) is 0 Å². The topological polar surface area (TPSA) is 118 Å². The molecule has 0 spiro atoms. The summed E-state index contributed by atoms with van der Waals surface area (Å²) in [5, 5.41) is 13.7. The van der Waals surface area contributed by atoms with Crippen LogP contribution in [-0.2, 0) is 19.3 Å². The Morgan fingerprint density at radius 2 is 2.00 bits per heavy atom. The molecule has 0 saturated heterocycles. The Balaban J connectivity index is 1.80. The van der Waals surface area contributed by atoms with Gasteiger partial charge in [-0.2, -0.15) is 10.1 Å². The highest BCUT2D eigenvalue weighted by molar-refractivity contribution is 8.00. The summed E-state index contributed by atoms with van der Waals surface area (Å²) < 4.78 is 8.92. The van der Waals surface area contributed by atoms with E-state index in [2.05, 4.69) is 25.3 Å². The third kappa shape index (κ3) is 4.28. The number of benzene rings is 1. The van der Waals surface area contributed by atoms with Gasteiger partial charge in [0.2, 0.25) is 0 Å². The highest BCUT2D eigenvalue weighted by Gasteiger charge is 2.21. The number of nitrogens with zero attached hydrogens (tertiary/aromatic N) is 7. The molecule has 0 N–H and O–H groups in total. The highest BCUT2D eigenvalue weighted by Crippen LogP contribution is 2.32. The number of thioether (sulfide) groups is 1. The van der Waals surface area contributed by atoms with Crippen LogP contribution in [0.1, 0.15) is 23.9 Å². The maximum absolute atomic E-state index is 12.7. The molecule has 12 heteroatoms. The third-order valence-corrected chi connectivity index (χ3v) is 6.74. The monoisotopic (exact) mass is 471 g/mol. The largest absolute Gasteiger partial charge is 0.496 e. The standard InChI is InChI=1S/C20H21N7O3S2/c1-5-8-27-17-15(18(28)26(3)19(29)22-17)21-16(25-27)12-6-7-14(30-4)13(9-12)10-31-20-24-23-11(2)32-20/h6-7,9H,5,8,10H2,1-4H3. The van der Waals surface area contributed by atoms with Crippen molar-refractivity contribution in [2.45, 2.75) is 36.9 Å². The van der Waals surface area contributed by atoms with Gasteiger partial charge in [0.1, 0.15) is 10.8 Å². The predicted octanol–water partition coefficient (Wildman–Crippen LogP) is 2.37. The normalized spacial score (nSPS) is 11.2. The third-order valence-electron chi connectivity index (χ3n) is 4.72. The van der Waals surface area contributed by atoms with Crippen LogP contribution in [0.15, 0.2) is 32.1 Å². The molecule has 2 aliphatic rings. The van der Waals surface area contributed by atoms with Gasteiger partial charge >= 0.3 is 5.69 Å². The van der Waals surface area contributed by atoms with Crippen LogP contribution in [0.2, 0.25) is 0 Å². The van der Waals surface area contributed by atoms with Crippen molar-refractivity contribution in [2.75, 3.05) is 7.11 Å². The summed E-state index contributed by atoms with van der Waals surface area (Å²) in [5.41, 5.74) is 0.662.